The fourth-order valence-corrected chi connectivity index (χ4v) is 1.84. The number of sulfonamides is 1. The van der Waals surface area contributed by atoms with Gasteiger partial charge in [0.25, 0.3) is 21.6 Å². The highest BCUT2D eigenvalue weighted by Crippen LogP contribution is 2.20. The Morgan fingerprint density at radius 2 is 1.94 bits per heavy atom. The Morgan fingerprint density at radius 1 is 1.38 bits per heavy atom. The molecule has 1 rings (SSSR count). The van der Waals surface area contributed by atoms with Gasteiger partial charge in [0.15, 0.2) is 0 Å². The lowest BCUT2D eigenvalue weighted by Gasteiger charge is -2.10. The number of aromatic nitrogens is 3. The molecule has 9 heteroatoms. The number of hydrogen-bond acceptors (Lipinski definition) is 4. The second-order valence-corrected chi connectivity index (χ2v) is 5.15. The summed E-state index contributed by atoms with van der Waals surface area (Å²) < 4.78 is 48.0. The van der Waals surface area contributed by atoms with E-state index in [1.807, 2.05) is 0 Å². The van der Waals surface area contributed by atoms with Crippen molar-refractivity contribution in [2.75, 3.05) is 0 Å². The molecule has 0 fully saturated rings. The Labute approximate surface area is 91.5 Å². The molecule has 0 spiro atoms. The fraction of sp³-hybridized carbons (Fsp3) is 0.714. The molecule has 0 aliphatic carbocycles. The van der Waals surface area contributed by atoms with Gasteiger partial charge in [0.05, 0.1) is 0 Å². The highest BCUT2D eigenvalue weighted by molar-refractivity contribution is 7.89. The third-order valence-corrected chi connectivity index (χ3v) is 2.55. The molecule has 2 N–H and O–H groups in total. The van der Waals surface area contributed by atoms with Crippen molar-refractivity contribution in [2.45, 2.75) is 32.0 Å². The summed E-state index contributed by atoms with van der Waals surface area (Å²) in [6, 6.07) is 0. The summed E-state index contributed by atoms with van der Waals surface area (Å²) in [6.45, 7) is 3.57. The van der Waals surface area contributed by atoms with Gasteiger partial charge in [-0.3, -0.25) is 4.57 Å². The Bertz CT molecular complexity index is 469. The van der Waals surface area contributed by atoms with Gasteiger partial charge >= 0.3 is 0 Å². The summed E-state index contributed by atoms with van der Waals surface area (Å²) in [4.78, 5) is 0. The molecule has 0 atom stereocenters. The number of alkyl halides is 2. The van der Waals surface area contributed by atoms with Gasteiger partial charge in [0.1, 0.15) is 0 Å². The van der Waals surface area contributed by atoms with E-state index in [9.17, 15) is 17.2 Å². The molecule has 1 aromatic heterocycles. The van der Waals surface area contributed by atoms with Crippen LogP contribution in [0.1, 0.15) is 26.1 Å². The number of rotatable bonds is 4. The number of nitrogens with zero attached hydrogens (tertiary/aromatic N) is 3. The van der Waals surface area contributed by atoms with Gasteiger partial charge in [-0.1, -0.05) is 13.8 Å². The van der Waals surface area contributed by atoms with Gasteiger partial charge in [-0.15, -0.1) is 10.2 Å². The maximum Gasteiger partial charge on any atom is 0.297 e. The molecule has 92 valence electrons. The standard InChI is InChI=1S/C7H12F2N4O2S/c1-4(2)3-13-6(5(8)9)11-12-7(13)16(10,14)15/h4-5H,3H2,1-2H3,(H2,10,14,15). The molecule has 0 bridgehead atoms. The maximum absolute atomic E-state index is 12.5. The zero-order valence-electron chi connectivity index (χ0n) is 8.76. The van der Waals surface area contributed by atoms with Crippen molar-refractivity contribution in [1.82, 2.24) is 14.8 Å². The lowest BCUT2D eigenvalue weighted by Crippen LogP contribution is -2.21. The summed E-state index contributed by atoms with van der Waals surface area (Å²) in [5, 5.41) is 10.5. The molecule has 0 saturated carbocycles. The van der Waals surface area contributed by atoms with E-state index in [0.717, 1.165) is 4.57 Å². The molecule has 0 amide bonds. The second kappa shape index (κ2) is 4.42. The predicted molar refractivity (Wildman–Crippen MR) is 51.2 cm³/mol. The first-order valence-corrected chi connectivity index (χ1v) is 6.02. The molecule has 0 radical (unpaired) electrons. The third kappa shape index (κ3) is 2.73. The second-order valence-electron chi connectivity index (χ2n) is 3.69. The number of halogens is 2. The van der Waals surface area contributed by atoms with Crippen molar-refractivity contribution in [1.29, 1.82) is 0 Å². The van der Waals surface area contributed by atoms with Gasteiger partial charge in [0.2, 0.25) is 5.82 Å². The van der Waals surface area contributed by atoms with E-state index in [-0.39, 0.29) is 12.5 Å². The van der Waals surface area contributed by atoms with Crippen LogP contribution in [0.2, 0.25) is 0 Å². The Morgan fingerprint density at radius 3 is 2.31 bits per heavy atom. The summed E-state index contributed by atoms with van der Waals surface area (Å²) >= 11 is 0. The topological polar surface area (TPSA) is 90.9 Å². The zero-order chi connectivity index (χ0) is 12.5. The number of primary sulfonamides is 1. The Balaban J connectivity index is 3.31. The van der Waals surface area contributed by atoms with Crippen LogP contribution in [-0.2, 0) is 16.6 Å². The van der Waals surface area contributed by atoms with E-state index >= 15 is 0 Å². The van der Waals surface area contributed by atoms with Gasteiger partial charge in [0, 0.05) is 6.54 Å². The van der Waals surface area contributed by atoms with E-state index in [0.29, 0.717) is 0 Å². The van der Waals surface area contributed by atoms with Crippen LogP contribution in [0, 0.1) is 5.92 Å². The van der Waals surface area contributed by atoms with Crippen LogP contribution in [0.15, 0.2) is 5.16 Å². The lowest BCUT2D eigenvalue weighted by atomic mass is 10.2. The normalized spacial score (nSPS) is 12.7. The first-order valence-electron chi connectivity index (χ1n) is 4.47. The van der Waals surface area contributed by atoms with Crippen LogP contribution in [0.4, 0.5) is 8.78 Å². The molecule has 16 heavy (non-hydrogen) atoms. The average molecular weight is 254 g/mol. The molecule has 0 aliphatic rings. The van der Waals surface area contributed by atoms with Crippen LogP contribution in [0.25, 0.3) is 0 Å². The summed E-state index contributed by atoms with van der Waals surface area (Å²) in [5.74, 6) is -0.716. The first kappa shape index (κ1) is 13.0. The first-order chi connectivity index (χ1) is 7.23. The van der Waals surface area contributed by atoms with Crippen LogP contribution in [0.3, 0.4) is 0 Å². The van der Waals surface area contributed by atoms with Crippen LogP contribution >= 0.6 is 0 Å². The minimum atomic E-state index is -4.14. The van der Waals surface area contributed by atoms with Crippen molar-refractivity contribution in [2.24, 2.45) is 11.1 Å². The van der Waals surface area contributed by atoms with Gasteiger partial charge < -0.3 is 0 Å². The SMILES string of the molecule is CC(C)Cn1c(C(F)F)nnc1S(N)(=O)=O. The molecule has 0 unspecified atom stereocenters. The lowest BCUT2D eigenvalue weighted by molar-refractivity contribution is 0.132. The van der Waals surface area contributed by atoms with Crippen molar-refractivity contribution < 1.29 is 17.2 Å². The van der Waals surface area contributed by atoms with E-state index in [1.54, 1.807) is 13.8 Å². The van der Waals surface area contributed by atoms with E-state index in [2.05, 4.69) is 10.2 Å². The maximum atomic E-state index is 12.5. The molecular weight excluding hydrogens is 242 g/mol. The molecule has 6 nitrogen and oxygen atoms in total. The summed E-state index contributed by atoms with van der Waals surface area (Å²) in [5.41, 5.74) is 0. The molecule has 1 aromatic rings. The van der Waals surface area contributed by atoms with Gasteiger partial charge in [-0.2, -0.15) is 0 Å². The van der Waals surface area contributed by atoms with E-state index in [1.165, 1.54) is 0 Å². The molecule has 0 aromatic carbocycles. The Kier molecular flexibility index (Phi) is 3.58. The highest BCUT2D eigenvalue weighted by atomic mass is 32.2. The number of hydrogen-bond donors (Lipinski definition) is 1. The fourth-order valence-electron chi connectivity index (χ4n) is 1.21. The van der Waals surface area contributed by atoms with Crippen LogP contribution in [-0.4, -0.2) is 23.2 Å². The molecule has 0 saturated heterocycles. The van der Waals surface area contributed by atoms with Crippen LogP contribution < -0.4 is 5.14 Å². The van der Waals surface area contributed by atoms with Gasteiger partial charge in [-0.05, 0) is 5.92 Å². The van der Waals surface area contributed by atoms with Crippen molar-refractivity contribution in [3.63, 3.8) is 0 Å². The zero-order valence-corrected chi connectivity index (χ0v) is 9.58. The highest BCUT2D eigenvalue weighted by Gasteiger charge is 2.26. The van der Waals surface area contributed by atoms with E-state index < -0.39 is 27.4 Å². The van der Waals surface area contributed by atoms with Crippen molar-refractivity contribution >= 4 is 10.0 Å². The molecule has 0 aliphatic heterocycles. The third-order valence-electron chi connectivity index (χ3n) is 1.74. The van der Waals surface area contributed by atoms with E-state index in [4.69, 9.17) is 5.14 Å². The smallest absolute Gasteiger partial charge is 0.296 e. The Hall–Kier alpha value is -1.09. The molecule has 1 heterocycles. The average Bonchev–Trinajstić information content (AvgIpc) is 2.45. The minimum absolute atomic E-state index is 0.0333. The quantitative estimate of drug-likeness (QED) is 0.847. The summed E-state index contributed by atoms with van der Waals surface area (Å²) in [7, 11) is -4.14. The molecular formula is C7H12F2N4O2S. The summed E-state index contributed by atoms with van der Waals surface area (Å²) in [6.07, 6.45) is -2.89. The number of nitrogens with two attached hydrogens (primary N) is 1. The van der Waals surface area contributed by atoms with Gasteiger partial charge in [-0.25, -0.2) is 22.3 Å². The predicted octanol–water partition coefficient (Wildman–Crippen LogP) is 0.519. The monoisotopic (exact) mass is 254 g/mol. The van der Waals surface area contributed by atoms with Crippen molar-refractivity contribution in [3.8, 4) is 0 Å². The minimum Gasteiger partial charge on any atom is -0.296 e. The largest absolute Gasteiger partial charge is 0.297 e. The van der Waals surface area contributed by atoms with Crippen molar-refractivity contribution in [3.05, 3.63) is 5.82 Å². The van der Waals surface area contributed by atoms with Crippen LogP contribution in [0.5, 0.6) is 0 Å².